The minimum Gasteiger partial charge on any atom is -0.497 e. The molecule has 0 aromatic heterocycles. The Morgan fingerprint density at radius 1 is 0.880 bits per heavy atom. The summed E-state index contributed by atoms with van der Waals surface area (Å²) < 4.78 is 21.5. The molecule has 1 amide bonds. The standard InChI is InChI=1S/C19H23NO5/c1-5-24-17-8-7-13(9-18(17)25-6-2)19(21)20-14-10-15(22-3)12-16(11-14)23-4/h7-12H,5-6H2,1-4H3,(H,20,21). The molecule has 0 aliphatic rings. The Labute approximate surface area is 147 Å². The van der Waals surface area contributed by atoms with Gasteiger partial charge in [0.2, 0.25) is 0 Å². The van der Waals surface area contributed by atoms with Crippen LogP contribution < -0.4 is 24.3 Å². The quantitative estimate of drug-likeness (QED) is 0.789. The summed E-state index contributed by atoms with van der Waals surface area (Å²) in [4.78, 5) is 12.5. The van der Waals surface area contributed by atoms with E-state index in [1.807, 2.05) is 13.8 Å². The Morgan fingerprint density at radius 2 is 1.48 bits per heavy atom. The highest BCUT2D eigenvalue weighted by Crippen LogP contribution is 2.30. The molecule has 1 N–H and O–H groups in total. The van der Waals surface area contributed by atoms with Crippen molar-refractivity contribution in [2.45, 2.75) is 13.8 Å². The van der Waals surface area contributed by atoms with Gasteiger partial charge in [-0.15, -0.1) is 0 Å². The molecular weight excluding hydrogens is 322 g/mol. The first kappa shape index (κ1) is 18.4. The topological polar surface area (TPSA) is 66.0 Å². The average molecular weight is 345 g/mol. The number of rotatable bonds is 8. The van der Waals surface area contributed by atoms with Crippen LogP contribution >= 0.6 is 0 Å². The van der Waals surface area contributed by atoms with Gasteiger partial charge in [-0.3, -0.25) is 4.79 Å². The van der Waals surface area contributed by atoms with Crippen molar-refractivity contribution in [1.82, 2.24) is 0 Å². The van der Waals surface area contributed by atoms with E-state index in [0.717, 1.165) is 0 Å². The van der Waals surface area contributed by atoms with E-state index in [4.69, 9.17) is 18.9 Å². The molecule has 0 radical (unpaired) electrons. The Morgan fingerprint density at radius 3 is 2.04 bits per heavy atom. The third-order valence-corrected chi connectivity index (χ3v) is 3.41. The van der Waals surface area contributed by atoms with Crippen LogP contribution in [0.4, 0.5) is 5.69 Å². The summed E-state index contributed by atoms with van der Waals surface area (Å²) in [6.07, 6.45) is 0. The highest BCUT2D eigenvalue weighted by atomic mass is 16.5. The zero-order chi connectivity index (χ0) is 18.2. The van der Waals surface area contributed by atoms with Gasteiger partial charge in [0.1, 0.15) is 11.5 Å². The lowest BCUT2D eigenvalue weighted by molar-refractivity contribution is 0.102. The summed E-state index contributed by atoms with van der Waals surface area (Å²) in [5.74, 6) is 2.08. The molecule has 2 aromatic rings. The SMILES string of the molecule is CCOc1ccc(C(=O)Nc2cc(OC)cc(OC)c2)cc1OCC. The minimum absolute atomic E-state index is 0.265. The lowest BCUT2D eigenvalue weighted by Crippen LogP contribution is -2.12. The van der Waals surface area contributed by atoms with Gasteiger partial charge in [-0.1, -0.05) is 0 Å². The van der Waals surface area contributed by atoms with Crippen LogP contribution in [0, 0.1) is 0 Å². The van der Waals surface area contributed by atoms with Crippen LogP contribution in [-0.2, 0) is 0 Å². The Kier molecular flexibility index (Phi) is 6.51. The van der Waals surface area contributed by atoms with Crippen LogP contribution in [0.1, 0.15) is 24.2 Å². The molecule has 0 aliphatic carbocycles. The van der Waals surface area contributed by atoms with Gasteiger partial charge >= 0.3 is 0 Å². The fourth-order valence-electron chi connectivity index (χ4n) is 2.28. The number of nitrogens with one attached hydrogen (secondary N) is 1. The molecule has 134 valence electrons. The molecule has 0 aliphatic heterocycles. The number of carbonyl (C=O) groups is 1. The highest BCUT2D eigenvalue weighted by molar-refractivity contribution is 6.04. The molecule has 0 unspecified atom stereocenters. The second-order valence-corrected chi connectivity index (χ2v) is 5.08. The zero-order valence-corrected chi connectivity index (χ0v) is 14.9. The summed E-state index contributed by atoms with van der Waals surface area (Å²) in [5.41, 5.74) is 1.04. The van der Waals surface area contributed by atoms with E-state index in [1.54, 1.807) is 50.6 Å². The minimum atomic E-state index is -0.265. The number of ether oxygens (including phenoxy) is 4. The van der Waals surface area contributed by atoms with Crippen molar-refractivity contribution in [2.24, 2.45) is 0 Å². The number of anilines is 1. The molecule has 0 bridgehead atoms. The van der Waals surface area contributed by atoms with Gasteiger partial charge in [0.25, 0.3) is 5.91 Å². The molecule has 0 atom stereocenters. The van der Waals surface area contributed by atoms with E-state index < -0.39 is 0 Å². The molecule has 6 heteroatoms. The summed E-state index contributed by atoms with van der Waals surface area (Å²) in [5, 5.41) is 2.83. The predicted molar refractivity (Wildman–Crippen MR) is 96.3 cm³/mol. The number of amides is 1. The normalized spacial score (nSPS) is 10.1. The molecule has 6 nitrogen and oxygen atoms in total. The van der Waals surface area contributed by atoms with Gasteiger partial charge in [-0.05, 0) is 32.0 Å². The monoisotopic (exact) mass is 345 g/mol. The molecule has 25 heavy (non-hydrogen) atoms. The van der Waals surface area contributed by atoms with Gasteiger partial charge in [0, 0.05) is 29.4 Å². The molecule has 2 aromatic carbocycles. The van der Waals surface area contributed by atoms with E-state index in [1.165, 1.54) is 0 Å². The van der Waals surface area contributed by atoms with Crippen molar-refractivity contribution in [1.29, 1.82) is 0 Å². The van der Waals surface area contributed by atoms with Gasteiger partial charge in [-0.25, -0.2) is 0 Å². The molecule has 0 saturated heterocycles. The summed E-state index contributed by atoms with van der Waals surface area (Å²) in [6, 6.07) is 10.3. The van der Waals surface area contributed by atoms with Crippen molar-refractivity contribution >= 4 is 11.6 Å². The van der Waals surface area contributed by atoms with Crippen molar-refractivity contribution < 1.29 is 23.7 Å². The van der Waals surface area contributed by atoms with E-state index in [9.17, 15) is 4.79 Å². The first-order valence-electron chi connectivity index (χ1n) is 8.05. The summed E-state index contributed by atoms with van der Waals surface area (Å²) >= 11 is 0. The summed E-state index contributed by atoms with van der Waals surface area (Å²) in [6.45, 7) is 4.78. The smallest absolute Gasteiger partial charge is 0.255 e. The second kappa shape index (κ2) is 8.82. The van der Waals surface area contributed by atoms with Crippen LogP contribution in [0.25, 0.3) is 0 Å². The van der Waals surface area contributed by atoms with Crippen LogP contribution in [0.3, 0.4) is 0 Å². The maximum Gasteiger partial charge on any atom is 0.255 e. The van der Waals surface area contributed by atoms with E-state index in [2.05, 4.69) is 5.32 Å². The van der Waals surface area contributed by atoms with Gasteiger partial charge in [0.15, 0.2) is 11.5 Å². The van der Waals surface area contributed by atoms with Crippen LogP contribution in [0.5, 0.6) is 23.0 Å². The second-order valence-electron chi connectivity index (χ2n) is 5.08. The fraction of sp³-hybridized carbons (Fsp3) is 0.316. The van der Waals surface area contributed by atoms with Crippen molar-refractivity contribution in [3.8, 4) is 23.0 Å². The van der Waals surface area contributed by atoms with Gasteiger partial charge in [0.05, 0.1) is 27.4 Å². The van der Waals surface area contributed by atoms with Crippen LogP contribution in [0.15, 0.2) is 36.4 Å². The number of hydrogen-bond donors (Lipinski definition) is 1. The van der Waals surface area contributed by atoms with Gasteiger partial charge in [-0.2, -0.15) is 0 Å². The van der Waals surface area contributed by atoms with Crippen molar-refractivity contribution in [2.75, 3.05) is 32.8 Å². The fourth-order valence-corrected chi connectivity index (χ4v) is 2.28. The molecule has 0 fully saturated rings. The largest absolute Gasteiger partial charge is 0.497 e. The van der Waals surface area contributed by atoms with E-state index in [-0.39, 0.29) is 5.91 Å². The predicted octanol–water partition coefficient (Wildman–Crippen LogP) is 3.75. The van der Waals surface area contributed by atoms with E-state index >= 15 is 0 Å². The first-order chi connectivity index (χ1) is 12.1. The molecule has 2 rings (SSSR count). The maximum absolute atomic E-state index is 12.5. The first-order valence-corrected chi connectivity index (χ1v) is 8.05. The van der Waals surface area contributed by atoms with Crippen LogP contribution in [0.2, 0.25) is 0 Å². The molecule has 0 saturated carbocycles. The number of benzene rings is 2. The zero-order valence-electron chi connectivity index (χ0n) is 14.9. The van der Waals surface area contributed by atoms with Gasteiger partial charge < -0.3 is 24.3 Å². The third-order valence-electron chi connectivity index (χ3n) is 3.41. The maximum atomic E-state index is 12.5. The van der Waals surface area contributed by atoms with E-state index in [0.29, 0.717) is 47.5 Å². The lowest BCUT2D eigenvalue weighted by Gasteiger charge is -2.13. The highest BCUT2D eigenvalue weighted by Gasteiger charge is 2.13. The molecular formula is C19H23NO5. The van der Waals surface area contributed by atoms with Crippen molar-refractivity contribution in [3.63, 3.8) is 0 Å². The Hall–Kier alpha value is -2.89. The Balaban J connectivity index is 2.24. The Bertz CT molecular complexity index is 707. The van der Waals surface area contributed by atoms with Crippen LogP contribution in [-0.4, -0.2) is 33.3 Å². The number of carbonyl (C=O) groups excluding carboxylic acids is 1. The molecule has 0 heterocycles. The third kappa shape index (κ3) is 4.79. The van der Waals surface area contributed by atoms with Crippen molar-refractivity contribution in [3.05, 3.63) is 42.0 Å². The number of methoxy groups -OCH3 is 2. The average Bonchev–Trinajstić information content (AvgIpc) is 2.63. The summed E-state index contributed by atoms with van der Waals surface area (Å²) in [7, 11) is 3.11. The lowest BCUT2D eigenvalue weighted by atomic mass is 10.1. The molecule has 0 spiro atoms. The number of hydrogen-bond acceptors (Lipinski definition) is 5.